The Morgan fingerprint density at radius 2 is 1.75 bits per heavy atom. The Morgan fingerprint density at radius 1 is 1.17 bits per heavy atom. The third-order valence-corrected chi connectivity index (χ3v) is 4.40. The maximum Gasteiger partial charge on any atom is 0.189 e. The molecule has 0 amide bonds. The van der Waals surface area contributed by atoms with Crippen molar-refractivity contribution in [2.24, 2.45) is 10.7 Å². The van der Waals surface area contributed by atoms with E-state index in [1.165, 1.54) is 43.4 Å². The Morgan fingerprint density at radius 3 is 2.29 bits per heavy atom. The number of rotatable bonds is 4. The summed E-state index contributed by atoms with van der Waals surface area (Å²) in [6, 6.07) is 9.41. The number of nitrogens with two attached hydrogens (primary N) is 1. The van der Waals surface area contributed by atoms with Crippen molar-refractivity contribution in [3.8, 4) is 0 Å². The van der Waals surface area contributed by atoms with E-state index >= 15 is 0 Å². The SMILES string of the molecule is CN(c1ccc(CN=C(N)NC(C)(C)C)cc1)C1CCCCC1.I. The lowest BCUT2D eigenvalue weighted by molar-refractivity contribution is 0.427. The molecule has 0 spiro atoms. The Kier molecular flexibility index (Phi) is 8.33. The van der Waals surface area contributed by atoms with Gasteiger partial charge in [0.05, 0.1) is 6.54 Å². The molecule has 0 bridgehead atoms. The fourth-order valence-electron chi connectivity index (χ4n) is 3.12. The molecule has 136 valence electrons. The zero-order chi connectivity index (χ0) is 16.9. The third kappa shape index (κ3) is 6.87. The average molecular weight is 444 g/mol. The minimum absolute atomic E-state index is 0. The highest BCUT2D eigenvalue weighted by atomic mass is 127. The summed E-state index contributed by atoms with van der Waals surface area (Å²) >= 11 is 0. The van der Waals surface area contributed by atoms with Crippen LogP contribution in [0.15, 0.2) is 29.3 Å². The summed E-state index contributed by atoms with van der Waals surface area (Å²) in [5, 5.41) is 3.18. The first-order valence-corrected chi connectivity index (χ1v) is 8.75. The molecule has 3 N–H and O–H groups in total. The van der Waals surface area contributed by atoms with Crippen molar-refractivity contribution in [2.45, 2.75) is 71.0 Å². The molecule has 5 heteroatoms. The second-order valence-corrected chi connectivity index (χ2v) is 7.65. The fraction of sp³-hybridized carbons (Fsp3) is 0.632. The van der Waals surface area contributed by atoms with E-state index in [4.69, 9.17) is 5.73 Å². The van der Waals surface area contributed by atoms with Gasteiger partial charge in [-0.15, -0.1) is 24.0 Å². The van der Waals surface area contributed by atoms with E-state index in [2.05, 4.69) is 67.3 Å². The van der Waals surface area contributed by atoms with Gasteiger partial charge in [-0.05, 0) is 51.3 Å². The maximum atomic E-state index is 5.91. The number of hydrogen-bond acceptors (Lipinski definition) is 2. The minimum Gasteiger partial charge on any atom is -0.372 e. The van der Waals surface area contributed by atoms with Crippen molar-refractivity contribution in [1.82, 2.24) is 5.32 Å². The Labute approximate surface area is 164 Å². The van der Waals surface area contributed by atoms with Crippen LogP contribution in [0.4, 0.5) is 5.69 Å². The summed E-state index contributed by atoms with van der Waals surface area (Å²) in [5.74, 6) is 0.501. The normalized spacial score (nSPS) is 16.4. The fourth-order valence-corrected chi connectivity index (χ4v) is 3.12. The van der Waals surface area contributed by atoms with E-state index in [1.807, 2.05) is 0 Å². The summed E-state index contributed by atoms with van der Waals surface area (Å²) < 4.78 is 0. The molecule has 1 fully saturated rings. The van der Waals surface area contributed by atoms with Gasteiger partial charge < -0.3 is 16.0 Å². The summed E-state index contributed by atoms with van der Waals surface area (Å²) in [6.07, 6.45) is 6.75. The largest absolute Gasteiger partial charge is 0.372 e. The Balaban J connectivity index is 0.00000288. The van der Waals surface area contributed by atoms with Gasteiger partial charge in [-0.3, -0.25) is 0 Å². The molecule has 1 aliphatic carbocycles. The maximum absolute atomic E-state index is 5.91. The second kappa shape index (κ2) is 9.49. The second-order valence-electron chi connectivity index (χ2n) is 7.65. The lowest BCUT2D eigenvalue weighted by Gasteiger charge is -2.33. The summed E-state index contributed by atoms with van der Waals surface area (Å²) in [5.41, 5.74) is 8.34. The van der Waals surface area contributed by atoms with Gasteiger partial charge in [0.15, 0.2) is 5.96 Å². The molecule has 1 aromatic carbocycles. The van der Waals surface area contributed by atoms with Crippen molar-refractivity contribution in [3.05, 3.63) is 29.8 Å². The van der Waals surface area contributed by atoms with Crippen molar-refractivity contribution in [3.63, 3.8) is 0 Å². The molecule has 0 atom stereocenters. The quantitative estimate of drug-likeness (QED) is 0.414. The number of nitrogens with zero attached hydrogens (tertiary/aromatic N) is 2. The molecule has 4 nitrogen and oxygen atoms in total. The molecule has 0 heterocycles. The number of hydrogen-bond donors (Lipinski definition) is 2. The van der Waals surface area contributed by atoms with Crippen LogP contribution in [-0.4, -0.2) is 24.6 Å². The van der Waals surface area contributed by atoms with Crippen molar-refractivity contribution in [2.75, 3.05) is 11.9 Å². The zero-order valence-electron chi connectivity index (χ0n) is 15.5. The highest BCUT2D eigenvalue weighted by Gasteiger charge is 2.18. The summed E-state index contributed by atoms with van der Waals surface area (Å²) in [7, 11) is 2.22. The van der Waals surface area contributed by atoms with Crippen LogP contribution in [0.2, 0.25) is 0 Å². The van der Waals surface area contributed by atoms with Gasteiger partial charge in [0, 0.05) is 24.3 Å². The van der Waals surface area contributed by atoms with Gasteiger partial charge in [0.1, 0.15) is 0 Å². The molecule has 1 saturated carbocycles. The van der Waals surface area contributed by atoms with Crippen LogP contribution in [0.25, 0.3) is 0 Å². The molecule has 24 heavy (non-hydrogen) atoms. The zero-order valence-corrected chi connectivity index (χ0v) is 17.8. The third-order valence-electron chi connectivity index (χ3n) is 4.40. The van der Waals surface area contributed by atoms with Crippen LogP contribution in [0.5, 0.6) is 0 Å². The van der Waals surface area contributed by atoms with Gasteiger partial charge in [-0.25, -0.2) is 4.99 Å². The lowest BCUT2D eigenvalue weighted by Crippen LogP contribution is -2.44. The van der Waals surface area contributed by atoms with E-state index in [0.717, 1.165) is 0 Å². The molecule has 0 saturated heterocycles. The molecular weight excluding hydrogens is 411 g/mol. The summed E-state index contributed by atoms with van der Waals surface area (Å²) in [6.45, 7) is 6.84. The van der Waals surface area contributed by atoms with E-state index in [9.17, 15) is 0 Å². The number of guanidine groups is 1. The number of nitrogens with one attached hydrogen (secondary N) is 1. The number of benzene rings is 1. The molecule has 1 aromatic rings. The molecule has 0 radical (unpaired) electrons. The Hall–Kier alpha value is -0.980. The highest BCUT2D eigenvalue weighted by Crippen LogP contribution is 2.26. The molecule has 0 unspecified atom stereocenters. The van der Waals surface area contributed by atoms with Gasteiger partial charge in [0.25, 0.3) is 0 Å². The number of halogens is 1. The van der Waals surface area contributed by atoms with E-state index in [-0.39, 0.29) is 29.5 Å². The monoisotopic (exact) mass is 444 g/mol. The lowest BCUT2D eigenvalue weighted by atomic mass is 9.94. The molecule has 1 aliphatic rings. The molecule has 2 rings (SSSR count). The number of anilines is 1. The molecular formula is C19H33IN4. The predicted molar refractivity (Wildman–Crippen MR) is 115 cm³/mol. The van der Waals surface area contributed by atoms with Crippen molar-refractivity contribution >= 4 is 35.6 Å². The van der Waals surface area contributed by atoms with Crippen molar-refractivity contribution in [1.29, 1.82) is 0 Å². The van der Waals surface area contributed by atoms with Gasteiger partial charge in [-0.1, -0.05) is 31.4 Å². The van der Waals surface area contributed by atoms with Crippen LogP contribution in [0.1, 0.15) is 58.4 Å². The van der Waals surface area contributed by atoms with E-state index in [1.54, 1.807) is 0 Å². The topological polar surface area (TPSA) is 53.6 Å². The smallest absolute Gasteiger partial charge is 0.189 e. The first kappa shape index (κ1) is 21.1. The predicted octanol–water partition coefficient (Wildman–Crippen LogP) is 4.28. The van der Waals surface area contributed by atoms with Crippen LogP contribution >= 0.6 is 24.0 Å². The minimum atomic E-state index is -0.0554. The average Bonchev–Trinajstić information content (AvgIpc) is 2.52. The first-order valence-electron chi connectivity index (χ1n) is 8.75. The Bertz CT molecular complexity index is 513. The van der Waals surface area contributed by atoms with Crippen molar-refractivity contribution < 1.29 is 0 Å². The molecule has 0 aromatic heterocycles. The van der Waals surface area contributed by atoms with Gasteiger partial charge in [0.2, 0.25) is 0 Å². The first-order chi connectivity index (χ1) is 10.8. The van der Waals surface area contributed by atoms with Gasteiger partial charge in [-0.2, -0.15) is 0 Å². The standard InChI is InChI=1S/C19H32N4.HI/c1-19(2,3)22-18(20)21-14-15-10-12-17(13-11-15)23(4)16-8-6-5-7-9-16;/h10-13,16H,5-9,14H2,1-4H3,(H3,20,21,22);1H. The van der Waals surface area contributed by atoms with E-state index in [0.29, 0.717) is 18.5 Å². The van der Waals surface area contributed by atoms with Crippen LogP contribution in [0, 0.1) is 0 Å². The van der Waals surface area contributed by atoms with Crippen LogP contribution < -0.4 is 16.0 Å². The van der Waals surface area contributed by atoms with E-state index < -0.39 is 0 Å². The number of aliphatic imine (C=N–C) groups is 1. The van der Waals surface area contributed by atoms with Crippen LogP contribution in [0.3, 0.4) is 0 Å². The summed E-state index contributed by atoms with van der Waals surface area (Å²) in [4.78, 5) is 6.85. The van der Waals surface area contributed by atoms with Gasteiger partial charge >= 0.3 is 0 Å². The van der Waals surface area contributed by atoms with Crippen LogP contribution in [-0.2, 0) is 6.54 Å². The highest BCUT2D eigenvalue weighted by molar-refractivity contribution is 14.0. The molecule has 0 aliphatic heterocycles.